The van der Waals surface area contributed by atoms with Crippen LogP contribution in [0.1, 0.15) is 6.42 Å². The molecule has 1 atom stereocenters. The monoisotopic (exact) mass is 230 g/mol. The molecule has 0 aromatic carbocycles. The van der Waals surface area contributed by atoms with Gasteiger partial charge in [0.25, 0.3) is 0 Å². The van der Waals surface area contributed by atoms with Crippen molar-refractivity contribution in [3.63, 3.8) is 0 Å². The summed E-state index contributed by atoms with van der Waals surface area (Å²) in [7, 11) is 3.62. The van der Waals surface area contributed by atoms with Crippen molar-refractivity contribution in [2.75, 3.05) is 46.9 Å². The van der Waals surface area contributed by atoms with Crippen molar-refractivity contribution in [3.05, 3.63) is 0 Å². The number of nitrogens with two attached hydrogens (primary N) is 1. The summed E-state index contributed by atoms with van der Waals surface area (Å²) < 4.78 is 4.87. The molecule has 0 saturated carbocycles. The molecule has 1 unspecified atom stereocenters. The van der Waals surface area contributed by atoms with E-state index in [0.29, 0.717) is 32.2 Å². The molecule has 0 spiro atoms. The predicted octanol–water partition coefficient (Wildman–Crippen LogP) is -1.40. The molecule has 1 rings (SSSR count). The first kappa shape index (κ1) is 13.2. The third kappa shape index (κ3) is 4.34. The molecule has 0 bridgehead atoms. The average Bonchev–Trinajstić information content (AvgIpc) is 2.57. The van der Waals surface area contributed by atoms with Gasteiger partial charge in [0.05, 0.1) is 18.8 Å². The third-order valence-corrected chi connectivity index (χ3v) is 2.68. The minimum absolute atomic E-state index is 0.350. The van der Waals surface area contributed by atoms with Crippen molar-refractivity contribution in [2.24, 2.45) is 10.7 Å². The van der Waals surface area contributed by atoms with Gasteiger partial charge in [-0.1, -0.05) is 0 Å². The van der Waals surface area contributed by atoms with Crippen LogP contribution in [0.5, 0.6) is 0 Å². The van der Waals surface area contributed by atoms with E-state index < -0.39 is 5.60 Å². The molecule has 94 valence electrons. The lowest BCUT2D eigenvalue weighted by atomic mass is 10.0. The number of methoxy groups -OCH3 is 1. The normalized spacial score (nSPS) is 27.3. The van der Waals surface area contributed by atoms with Crippen molar-refractivity contribution in [3.8, 4) is 0 Å². The topological polar surface area (TPSA) is 83.1 Å². The summed E-state index contributed by atoms with van der Waals surface area (Å²) in [5.41, 5.74) is 4.92. The molecule has 16 heavy (non-hydrogen) atoms. The van der Waals surface area contributed by atoms with Crippen LogP contribution in [0.25, 0.3) is 0 Å². The van der Waals surface area contributed by atoms with Crippen LogP contribution in [0.3, 0.4) is 0 Å². The summed E-state index contributed by atoms with van der Waals surface area (Å²) in [5, 5.41) is 13.0. The molecule has 1 heterocycles. The number of aliphatic imine (C=N–C) groups is 1. The van der Waals surface area contributed by atoms with E-state index in [1.54, 1.807) is 7.11 Å². The molecular weight excluding hydrogens is 208 g/mol. The van der Waals surface area contributed by atoms with Crippen molar-refractivity contribution in [2.45, 2.75) is 12.0 Å². The highest BCUT2D eigenvalue weighted by atomic mass is 16.5. The fourth-order valence-electron chi connectivity index (χ4n) is 1.76. The molecule has 0 aromatic rings. The number of hydrogen-bond donors (Lipinski definition) is 3. The smallest absolute Gasteiger partial charge is 0.188 e. The van der Waals surface area contributed by atoms with Crippen molar-refractivity contribution >= 4 is 5.96 Å². The predicted molar refractivity (Wildman–Crippen MR) is 63.4 cm³/mol. The molecule has 1 aliphatic heterocycles. The van der Waals surface area contributed by atoms with Crippen molar-refractivity contribution in [1.82, 2.24) is 10.2 Å². The Morgan fingerprint density at radius 2 is 2.44 bits per heavy atom. The number of ether oxygens (including phenoxy) is 1. The van der Waals surface area contributed by atoms with Gasteiger partial charge < -0.3 is 25.8 Å². The van der Waals surface area contributed by atoms with Crippen LogP contribution in [0.4, 0.5) is 0 Å². The summed E-state index contributed by atoms with van der Waals surface area (Å²) in [4.78, 5) is 6.22. The molecule has 0 amide bonds. The maximum atomic E-state index is 10.1. The number of rotatable bonds is 5. The summed E-state index contributed by atoms with van der Waals surface area (Å²) in [5.74, 6) is 0.361. The molecule has 4 N–H and O–H groups in total. The van der Waals surface area contributed by atoms with Crippen LogP contribution in [0, 0.1) is 0 Å². The molecule has 1 aliphatic rings. The lowest BCUT2D eigenvalue weighted by Crippen LogP contribution is -2.39. The quantitative estimate of drug-likeness (QED) is 0.307. The highest BCUT2D eigenvalue weighted by Gasteiger charge is 2.33. The third-order valence-electron chi connectivity index (χ3n) is 2.68. The Morgan fingerprint density at radius 1 is 1.69 bits per heavy atom. The minimum Gasteiger partial charge on any atom is -0.387 e. The molecule has 0 aromatic heterocycles. The Bertz CT molecular complexity index is 247. The van der Waals surface area contributed by atoms with Crippen molar-refractivity contribution in [1.29, 1.82) is 0 Å². The summed E-state index contributed by atoms with van der Waals surface area (Å²) in [6.45, 7) is 3.13. The zero-order chi connectivity index (χ0) is 12.0. The first-order valence-electron chi connectivity index (χ1n) is 5.49. The van der Waals surface area contributed by atoms with E-state index in [0.717, 1.165) is 13.0 Å². The second kappa shape index (κ2) is 6.03. The molecule has 1 fully saturated rings. The highest BCUT2D eigenvalue weighted by molar-refractivity contribution is 5.77. The number of likely N-dealkylation sites (N-methyl/N-ethyl adjacent to an activating group) is 1. The van der Waals surface area contributed by atoms with Crippen LogP contribution >= 0.6 is 0 Å². The summed E-state index contributed by atoms with van der Waals surface area (Å²) in [6, 6.07) is 0. The van der Waals surface area contributed by atoms with E-state index in [9.17, 15) is 5.11 Å². The Labute approximate surface area is 96.5 Å². The van der Waals surface area contributed by atoms with Crippen LogP contribution in [0.15, 0.2) is 4.99 Å². The average molecular weight is 230 g/mol. The van der Waals surface area contributed by atoms with Gasteiger partial charge in [-0.25, -0.2) is 0 Å². The number of β-amino-alcohol motifs (C(OH)–C–C–N with tert-alkyl or cyclic N) is 1. The van der Waals surface area contributed by atoms with Gasteiger partial charge in [-0.05, 0) is 13.5 Å². The van der Waals surface area contributed by atoms with E-state index in [4.69, 9.17) is 10.5 Å². The van der Waals surface area contributed by atoms with Crippen LogP contribution in [-0.2, 0) is 4.74 Å². The van der Waals surface area contributed by atoms with Gasteiger partial charge in [-0.15, -0.1) is 0 Å². The molecule has 6 nitrogen and oxygen atoms in total. The fourth-order valence-corrected chi connectivity index (χ4v) is 1.76. The van der Waals surface area contributed by atoms with Crippen LogP contribution in [-0.4, -0.2) is 68.5 Å². The number of nitrogens with one attached hydrogen (secondary N) is 1. The van der Waals surface area contributed by atoms with Gasteiger partial charge in [0.15, 0.2) is 5.96 Å². The van der Waals surface area contributed by atoms with Crippen LogP contribution in [0.2, 0.25) is 0 Å². The number of aliphatic hydroxyl groups is 1. The standard InChI is InChI=1S/C10H22N4O2/c1-14-5-3-10(15,8-14)7-13-9(11)12-4-6-16-2/h15H,3-8H2,1-2H3,(H3,11,12,13). The van der Waals surface area contributed by atoms with Crippen molar-refractivity contribution < 1.29 is 9.84 Å². The zero-order valence-electron chi connectivity index (χ0n) is 10.1. The Balaban J connectivity index is 2.28. The van der Waals surface area contributed by atoms with Gasteiger partial charge in [-0.2, -0.15) is 0 Å². The second-order valence-electron chi connectivity index (χ2n) is 4.33. The van der Waals surface area contributed by atoms with Gasteiger partial charge in [0.1, 0.15) is 0 Å². The summed E-state index contributed by atoms with van der Waals surface area (Å²) >= 11 is 0. The van der Waals surface area contributed by atoms with Gasteiger partial charge in [-0.3, -0.25) is 4.99 Å². The Morgan fingerprint density at radius 3 is 3.00 bits per heavy atom. The molecule has 0 radical (unpaired) electrons. The van der Waals surface area contributed by atoms with Gasteiger partial charge in [0, 0.05) is 26.7 Å². The second-order valence-corrected chi connectivity index (χ2v) is 4.33. The lowest BCUT2D eigenvalue weighted by Gasteiger charge is -2.20. The Kier molecular flexibility index (Phi) is 4.98. The summed E-state index contributed by atoms with van der Waals surface area (Å²) in [6.07, 6.45) is 0.748. The number of guanidine groups is 1. The number of likely N-dealkylation sites (tertiary alicyclic amines) is 1. The molecule has 1 saturated heterocycles. The van der Waals surface area contributed by atoms with E-state index >= 15 is 0 Å². The highest BCUT2D eigenvalue weighted by Crippen LogP contribution is 2.19. The van der Waals surface area contributed by atoms with Gasteiger partial charge >= 0.3 is 0 Å². The first-order valence-corrected chi connectivity index (χ1v) is 5.49. The lowest BCUT2D eigenvalue weighted by molar-refractivity contribution is 0.0614. The SMILES string of the molecule is COCCNC(N)=NCC1(O)CCN(C)C1. The van der Waals surface area contributed by atoms with E-state index in [1.165, 1.54) is 0 Å². The zero-order valence-corrected chi connectivity index (χ0v) is 10.1. The number of hydrogen-bond acceptors (Lipinski definition) is 4. The van der Waals surface area contributed by atoms with Gasteiger partial charge in [0.2, 0.25) is 0 Å². The Hall–Kier alpha value is -0.850. The molecule has 6 heteroatoms. The van der Waals surface area contributed by atoms with E-state index in [1.807, 2.05) is 7.05 Å². The fraction of sp³-hybridized carbons (Fsp3) is 0.900. The van der Waals surface area contributed by atoms with Crippen LogP contribution < -0.4 is 11.1 Å². The minimum atomic E-state index is -0.720. The largest absolute Gasteiger partial charge is 0.387 e. The molecule has 0 aliphatic carbocycles. The first-order chi connectivity index (χ1) is 7.56. The maximum Gasteiger partial charge on any atom is 0.188 e. The maximum absolute atomic E-state index is 10.1. The number of nitrogens with zero attached hydrogens (tertiary/aromatic N) is 2. The van der Waals surface area contributed by atoms with E-state index in [2.05, 4.69) is 15.2 Å². The van der Waals surface area contributed by atoms with E-state index in [-0.39, 0.29) is 0 Å². The molecular formula is C10H22N4O2.